The molecule has 0 atom stereocenters. The molecule has 0 amide bonds. The monoisotopic (exact) mass is 452 g/mol. The van der Waals surface area contributed by atoms with Crippen LogP contribution in [0, 0.1) is 0 Å². The lowest BCUT2D eigenvalue weighted by atomic mass is 10.2. The van der Waals surface area contributed by atoms with E-state index in [1.807, 2.05) is 19.1 Å². The minimum Gasteiger partial charge on any atom is -0.279 e. The first-order chi connectivity index (χ1) is 13.4. The van der Waals surface area contributed by atoms with Crippen molar-refractivity contribution < 1.29 is 8.42 Å². The van der Waals surface area contributed by atoms with Gasteiger partial charge >= 0.3 is 0 Å². The van der Waals surface area contributed by atoms with Crippen LogP contribution in [0.4, 0.5) is 5.69 Å². The number of aromatic nitrogens is 3. The number of thiazole rings is 1. The van der Waals surface area contributed by atoms with Crippen LogP contribution in [0.25, 0.3) is 20.8 Å². The van der Waals surface area contributed by atoms with Crippen LogP contribution in [-0.2, 0) is 16.6 Å². The van der Waals surface area contributed by atoms with Gasteiger partial charge < -0.3 is 0 Å². The molecule has 1 N–H and O–H groups in total. The molecule has 0 saturated carbocycles. The zero-order valence-corrected chi connectivity index (χ0v) is 17.7. The van der Waals surface area contributed by atoms with E-state index in [4.69, 9.17) is 23.2 Å². The number of nitrogens with one attached hydrogen (secondary N) is 1. The van der Waals surface area contributed by atoms with Crippen LogP contribution < -0.4 is 4.72 Å². The Bertz CT molecular complexity index is 1280. The molecule has 2 heterocycles. The first-order valence-corrected chi connectivity index (χ1v) is 11.3. The van der Waals surface area contributed by atoms with E-state index < -0.39 is 10.0 Å². The van der Waals surface area contributed by atoms with E-state index >= 15 is 0 Å². The molecule has 0 radical (unpaired) electrons. The predicted octanol–water partition coefficient (Wildman–Crippen LogP) is 5.29. The van der Waals surface area contributed by atoms with Crippen LogP contribution in [0.15, 0.2) is 53.7 Å². The highest BCUT2D eigenvalue weighted by Gasteiger charge is 2.18. The van der Waals surface area contributed by atoms with Gasteiger partial charge in [0.1, 0.15) is 9.90 Å². The Morgan fingerprint density at radius 1 is 1.18 bits per heavy atom. The molecule has 0 fully saturated rings. The Kier molecular flexibility index (Phi) is 5.05. The molecule has 0 aliphatic heterocycles. The zero-order valence-electron chi connectivity index (χ0n) is 14.6. The van der Waals surface area contributed by atoms with Crippen molar-refractivity contribution >= 4 is 60.5 Å². The summed E-state index contributed by atoms with van der Waals surface area (Å²) < 4.78 is 30.1. The Labute approximate surface area is 175 Å². The molecule has 6 nitrogen and oxygen atoms in total. The van der Waals surface area contributed by atoms with Gasteiger partial charge in [-0.05, 0) is 43.3 Å². The summed E-state index contributed by atoms with van der Waals surface area (Å²) in [4.78, 5) is 4.67. The highest BCUT2D eigenvalue weighted by molar-refractivity contribution is 7.92. The molecule has 10 heteroatoms. The summed E-state index contributed by atoms with van der Waals surface area (Å²) in [6.45, 7) is 2.47. The SMILES string of the molecule is CCn1cc(S(=O)(=O)Nc2ccc(-c3nc4ccc(Cl)cc4s3)c(Cl)c2)cn1. The van der Waals surface area contributed by atoms with E-state index in [0.29, 0.717) is 22.3 Å². The van der Waals surface area contributed by atoms with Crippen LogP contribution >= 0.6 is 34.5 Å². The number of sulfonamides is 1. The highest BCUT2D eigenvalue weighted by atomic mass is 35.5. The summed E-state index contributed by atoms with van der Waals surface area (Å²) in [6.07, 6.45) is 2.79. The van der Waals surface area contributed by atoms with Crippen molar-refractivity contribution in [1.82, 2.24) is 14.8 Å². The van der Waals surface area contributed by atoms with Gasteiger partial charge in [0, 0.05) is 23.3 Å². The Hall–Kier alpha value is -2.13. The summed E-state index contributed by atoms with van der Waals surface area (Å²) in [5.41, 5.74) is 1.92. The van der Waals surface area contributed by atoms with Gasteiger partial charge in [-0.3, -0.25) is 9.40 Å². The smallest absolute Gasteiger partial charge is 0.265 e. The number of hydrogen-bond donors (Lipinski definition) is 1. The van der Waals surface area contributed by atoms with E-state index in [0.717, 1.165) is 20.8 Å². The van der Waals surface area contributed by atoms with Gasteiger partial charge in [0.15, 0.2) is 0 Å². The molecule has 144 valence electrons. The maximum Gasteiger partial charge on any atom is 0.265 e. The van der Waals surface area contributed by atoms with Crippen molar-refractivity contribution in [2.24, 2.45) is 0 Å². The molecule has 0 aliphatic carbocycles. The topological polar surface area (TPSA) is 76.9 Å². The quantitative estimate of drug-likeness (QED) is 0.446. The minimum absolute atomic E-state index is 0.0950. The molecule has 0 spiro atoms. The van der Waals surface area contributed by atoms with Gasteiger partial charge in [-0.15, -0.1) is 11.3 Å². The fourth-order valence-electron chi connectivity index (χ4n) is 2.64. The Balaban J connectivity index is 1.63. The Morgan fingerprint density at radius 2 is 2.00 bits per heavy atom. The molecule has 0 saturated heterocycles. The van der Waals surface area contributed by atoms with Crippen molar-refractivity contribution in [2.45, 2.75) is 18.4 Å². The van der Waals surface area contributed by atoms with Crippen LogP contribution in [0.5, 0.6) is 0 Å². The van der Waals surface area contributed by atoms with Crippen LogP contribution in [0.3, 0.4) is 0 Å². The average Bonchev–Trinajstić information content (AvgIpc) is 3.28. The van der Waals surface area contributed by atoms with Crippen molar-refractivity contribution in [3.63, 3.8) is 0 Å². The summed E-state index contributed by atoms with van der Waals surface area (Å²) in [5, 5.41) is 5.77. The normalized spacial score (nSPS) is 11.8. The van der Waals surface area contributed by atoms with Crippen molar-refractivity contribution in [3.05, 3.63) is 58.8 Å². The number of rotatable bonds is 5. The molecule has 4 aromatic rings. The maximum absolute atomic E-state index is 12.5. The fourth-order valence-corrected chi connectivity index (χ4v) is 5.24. The lowest BCUT2D eigenvalue weighted by Gasteiger charge is -2.08. The number of hydrogen-bond acceptors (Lipinski definition) is 5. The predicted molar refractivity (Wildman–Crippen MR) is 114 cm³/mol. The number of halogens is 2. The van der Waals surface area contributed by atoms with Gasteiger partial charge in [-0.25, -0.2) is 13.4 Å². The van der Waals surface area contributed by atoms with E-state index in [9.17, 15) is 8.42 Å². The third-order valence-electron chi connectivity index (χ3n) is 4.05. The molecule has 0 aliphatic rings. The highest BCUT2D eigenvalue weighted by Crippen LogP contribution is 2.36. The summed E-state index contributed by atoms with van der Waals surface area (Å²) in [6, 6.07) is 10.5. The molecule has 28 heavy (non-hydrogen) atoms. The van der Waals surface area contributed by atoms with E-state index in [1.54, 1.807) is 28.9 Å². The second-order valence-corrected chi connectivity index (χ2v) is 9.52. The van der Waals surface area contributed by atoms with Crippen LogP contribution in [0.1, 0.15) is 6.92 Å². The fraction of sp³-hybridized carbons (Fsp3) is 0.111. The first kappa shape index (κ1) is 19.2. The van der Waals surface area contributed by atoms with Gasteiger partial charge in [0.05, 0.1) is 27.1 Å². The van der Waals surface area contributed by atoms with E-state index in [2.05, 4.69) is 14.8 Å². The number of aryl methyl sites for hydroxylation is 1. The van der Waals surface area contributed by atoms with Crippen LogP contribution in [0.2, 0.25) is 10.0 Å². The molecule has 0 bridgehead atoms. The summed E-state index contributed by atoms with van der Waals surface area (Å²) in [7, 11) is -3.74. The molecule has 2 aromatic carbocycles. The largest absolute Gasteiger partial charge is 0.279 e. The average molecular weight is 453 g/mol. The molecule has 2 aromatic heterocycles. The van der Waals surface area contributed by atoms with Crippen LogP contribution in [-0.4, -0.2) is 23.2 Å². The molecule has 0 unspecified atom stereocenters. The summed E-state index contributed by atoms with van der Waals surface area (Å²) >= 11 is 13.9. The standard InChI is InChI=1S/C18H14Cl2N4O2S2/c1-2-24-10-13(9-21-24)28(25,26)23-12-4-5-14(15(20)8-12)18-22-16-6-3-11(19)7-17(16)27-18/h3-10,23H,2H2,1H3. The van der Waals surface area contributed by atoms with Crippen molar-refractivity contribution in [1.29, 1.82) is 0 Å². The minimum atomic E-state index is -3.74. The molecule has 4 rings (SSSR count). The summed E-state index contributed by atoms with van der Waals surface area (Å²) in [5.74, 6) is 0. The maximum atomic E-state index is 12.5. The number of nitrogens with zero attached hydrogens (tertiary/aromatic N) is 3. The van der Waals surface area contributed by atoms with Gasteiger partial charge in [0.25, 0.3) is 10.0 Å². The lowest BCUT2D eigenvalue weighted by molar-refractivity contribution is 0.600. The zero-order chi connectivity index (χ0) is 19.9. The van der Waals surface area contributed by atoms with E-state index in [-0.39, 0.29) is 4.90 Å². The second-order valence-electron chi connectivity index (χ2n) is 5.96. The third-order valence-corrected chi connectivity index (χ3v) is 6.98. The van der Waals surface area contributed by atoms with Gasteiger partial charge in [-0.1, -0.05) is 23.2 Å². The van der Waals surface area contributed by atoms with Gasteiger partial charge in [-0.2, -0.15) is 5.10 Å². The molecular formula is C18H14Cl2N4O2S2. The van der Waals surface area contributed by atoms with Gasteiger partial charge in [0.2, 0.25) is 0 Å². The first-order valence-electron chi connectivity index (χ1n) is 8.27. The lowest BCUT2D eigenvalue weighted by Crippen LogP contribution is -2.12. The number of fused-ring (bicyclic) bond motifs is 1. The van der Waals surface area contributed by atoms with E-state index in [1.165, 1.54) is 23.7 Å². The number of anilines is 1. The third kappa shape index (κ3) is 3.73. The number of benzene rings is 2. The Morgan fingerprint density at radius 3 is 2.71 bits per heavy atom. The van der Waals surface area contributed by atoms with Crippen molar-refractivity contribution in [2.75, 3.05) is 4.72 Å². The second kappa shape index (κ2) is 7.36. The molecular weight excluding hydrogens is 439 g/mol. The van der Waals surface area contributed by atoms with Crippen molar-refractivity contribution in [3.8, 4) is 10.6 Å².